The Morgan fingerprint density at radius 2 is 2.08 bits per heavy atom. The normalized spacial score (nSPS) is 12.0. The van der Waals surface area contributed by atoms with Crippen molar-refractivity contribution in [2.24, 2.45) is 12.0 Å². The molecule has 10 heteroatoms. The number of halogens is 1. The van der Waals surface area contributed by atoms with Gasteiger partial charge in [0.2, 0.25) is 5.89 Å². The molecule has 0 spiro atoms. The molecule has 9 nitrogen and oxygen atoms in total. The Hall–Kier alpha value is -1.72. The molecule has 0 unspecified atom stereocenters. The number of aryl methyl sites for hydroxylation is 1. The third-order valence-electron chi connectivity index (χ3n) is 3.05. The highest BCUT2D eigenvalue weighted by atomic mass is 127. The zero-order valence-electron chi connectivity index (χ0n) is 14.7. The predicted molar refractivity (Wildman–Crippen MR) is 101 cm³/mol. The number of aliphatic imine (C=N–C) groups is 1. The fourth-order valence-electron chi connectivity index (χ4n) is 1.76. The minimum absolute atomic E-state index is 0. The smallest absolute Gasteiger partial charge is 0.232 e. The fourth-order valence-corrected chi connectivity index (χ4v) is 1.76. The third-order valence-corrected chi connectivity index (χ3v) is 3.05. The minimum atomic E-state index is -0.164. The second kappa shape index (κ2) is 8.94. The summed E-state index contributed by atoms with van der Waals surface area (Å²) in [5.41, 5.74) is -0.164. The minimum Gasteiger partial charge on any atom is -0.357 e. The van der Waals surface area contributed by atoms with E-state index in [1.54, 1.807) is 4.68 Å². The molecular formula is C14H25IN8O. The van der Waals surface area contributed by atoms with Crippen molar-refractivity contribution >= 4 is 29.9 Å². The molecule has 0 atom stereocenters. The zero-order chi connectivity index (χ0) is 16.9. The summed E-state index contributed by atoms with van der Waals surface area (Å²) in [6.45, 7) is 9.71. The van der Waals surface area contributed by atoms with E-state index in [1.165, 1.54) is 6.33 Å². The van der Waals surface area contributed by atoms with Crippen LogP contribution in [-0.2, 0) is 25.6 Å². The van der Waals surface area contributed by atoms with Crippen LogP contribution in [0.25, 0.3) is 0 Å². The molecule has 2 rings (SSSR count). The maximum atomic E-state index is 5.26. The van der Waals surface area contributed by atoms with Gasteiger partial charge in [-0.2, -0.15) is 10.1 Å². The van der Waals surface area contributed by atoms with Crippen molar-refractivity contribution in [2.75, 3.05) is 6.54 Å². The maximum Gasteiger partial charge on any atom is 0.232 e. The van der Waals surface area contributed by atoms with Crippen molar-refractivity contribution in [2.45, 2.75) is 46.2 Å². The summed E-state index contributed by atoms with van der Waals surface area (Å²) >= 11 is 0. The summed E-state index contributed by atoms with van der Waals surface area (Å²) in [6, 6.07) is 0. The predicted octanol–water partition coefficient (Wildman–Crippen LogP) is 1.37. The monoisotopic (exact) mass is 448 g/mol. The van der Waals surface area contributed by atoms with Crippen molar-refractivity contribution in [1.29, 1.82) is 0 Å². The number of rotatable bonds is 5. The van der Waals surface area contributed by atoms with E-state index in [0.717, 1.165) is 12.4 Å². The Morgan fingerprint density at radius 3 is 2.62 bits per heavy atom. The molecular weight excluding hydrogens is 423 g/mol. The van der Waals surface area contributed by atoms with Crippen molar-refractivity contribution in [3.05, 3.63) is 23.9 Å². The largest absolute Gasteiger partial charge is 0.357 e. The molecule has 0 saturated carbocycles. The van der Waals surface area contributed by atoms with Gasteiger partial charge in [0.15, 0.2) is 11.8 Å². The molecule has 0 amide bonds. The average molecular weight is 448 g/mol. The quantitative estimate of drug-likeness (QED) is 0.404. The Labute approximate surface area is 158 Å². The molecule has 0 aliphatic carbocycles. The average Bonchev–Trinajstić information content (AvgIpc) is 3.10. The topological polar surface area (TPSA) is 106 Å². The summed E-state index contributed by atoms with van der Waals surface area (Å²) in [7, 11) is 1.85. The van der Waals surface area contributed by atoms with Crippen molar-refractivity contribution in [3.8, 4) is 0 Å². The van der Waals surface area contributed by atoms with E-state index in [2.05, 4.69) is 35.8 Å². The number of nitrogens with zero attached hydrogens (tertiary/aromatic N) is 6. The third kappa shape index (κ3) is 5.73. The molecule has 0 bridgehead atoms. The van der Waals surface area contributed by atoms with Gasteiger partial charge in [-0.25, -0.2) is 9.98 Å². The molecule has 2 N–H and O–H groups in total. The first-order valence-corrected chi connectivity index (χ1v) is 7.58. The molecule has 2 heterocycles. The van der Waals surface area contributed by atoms with E-state index >= 15 is 0 Å². The lowest BCUT2D eigenvalue weighted by Crippen LogP contribution is -2.37. The van der Waals surface area contributed by atoms with Crippen LogP contribution in [-0.4, -0.2) is 37.4 Å². The zero-order valence-corrected chi connectivity index (χ0v) is 17.0. The summed E-state index contributed by atoms with van der Waals surface area (Å²) in [5, 5.41) is 14.4. The molecule has 24 heavy (non-hydrogen) atoms. The van der Waals surface area contributed by atoms with E-state index in [9.17, 15) is 0 Å². The van der Waals surface area contributed by atoms with Crippen LogP contribution in [0.1, 0.15) is 45.2 Å². The van der Waals surface area contributed by atoms with Gasteiger partial charge >= 0.3 is 0 Å². The number of guanidine groups is 1. The van der Waals surface area contributed by atoms with Gasteiger partial charge in [0.25, 0.3) is 0 Å². The lowest BCUT2D eigenvalue weighted by molar-refractivity contribution is 0.318. The van der Waals surface area contributed by atoms with Crippen LogP contribution in [0.2, 0.25) is 0 Å². The lowest BCUT2D eigenvalue weighted by Gasteiger charge is -2.10. The first kappa shape index (κ1) is 20.3. The molecule has 2 aromatic heterocycles. The van der Waals surface area contributed by atoms with Crippen LogP contribution >= 0.6 is 24.0 Å². The molecule has 0 radical (unpaired) electrons. The Bertz CT molecular complexity index is 658. The maximum absolute atomic E-state index is 5.26. The van der Waals surface area contributed by atoms with Gasteiger partial charge in [0.05, 0.1) is 6.54 Å². The SMILES string of the molecule is CCNC(=NCc1noc(C(C)(C)C)n1)NCc1ncnn1C.I. The van der Waals surface area contributed by atoms with Crippen LogP contribution in [0.4, 0.5) is 0 Å². The van der Waals surface area contributed by atoms with Crippen LogP contribution in [0, 0.1) is 0 Å². The van der Waals surface area contributed by atoms with Crippen LogP contribution in [0.5, 0.6) is 0 Å². The molecule has 0 aliphatic rings. The van der Waals surface area contributed by atoms with Gasteiger partial charge in [0.1, 0.15) is 18.7 Å². The molecule has 134 valence electrons. The second-order valence-electron chi connectivity index (χ2n) is 6.11. The highest BCUT2D eigenvalue weighted by Gasteiger charge is 2.21. The molecule has 0 fully saturated rings. The summed E-state index contributed by atoms with van der Waals surface area (Å²) in [5.74, 6) is 2.66. The summed E-state index contributed by atoms with van der Waals surface area (Å²) in [4.78, 5) is 13.0. The van der Waals surface area contributed by atoms with Gasteiger partial charge in [-0.05, 0) is 6.92 Å². The van der Waals surface area contributed by atoms with Crippen molar-refractivity contribution in [3.63, 3.8) is 0 Å². The highest BCUT2D eigenvalue weighted by Crippen LogP contribution is 2.19. The number of nitrogens with one attached hydrogen (secondary N) is 2. The van der Waals surface area contributed by atoms with Gasteiger partial charge in [-0.15, -0.1) is 24.0 Å². The number of hydrogen-bond acceptors (Lipinski definition) is 6. The van der Waals surface area contributed by atoms with E-state index in [-0.39, 0.29) is 29.4 Å². The van der Waals surface area contributed by atoms with Crippen LogP contribution in [0.15, 0.2) is 15.8 Å². The van der Waals surface area contributed by atoms with Gasteiger partial charge in [-0.3, -0.25) is 4.68 Å². The standard InChI is InChI=1S/C14H24N8O.HI/c1-6-15-13(17-8-11-18-9-19-22(11)5)16-7-10-20-12(23-21-10)14(2,3)4;/h9H,6-8H2,1-5H3,(H2,15,16,17);1H. The van der Waals surface area contributed by atoms with Crippen LogP contribution < -0.4 is 10.6 Å². The van der Waals surface area contributed by atoms with Crippen molar-refractivity contribution in [1.82, 2.24) is 35.5 Å². The lowest BCUT2D eigenvalue weighted by atomic mass is 9.97. The Morgan fingerprint density at radius 1 is 1.33 bits per heavy atom. The second-order valence-corrected chi connectivity index (χ2v) is 6.11. The van der Waals surface area contributed by atoms with E-state index in [4.69, 9.17) is 4.52 Å². The fraction of sp³-hybridized carbons (Fsp3) is 0.643. The van der Waals surface area contributed by atoms with E-state index in [0.29, 0.717) is 30.8 Å². The van der Waals surface area contributed by atoms with E-state index in [1.807, 2.05) is 34.7 Å². The van der Waals surface area contributed by atoms with E-state index < -0.39 is 0 Å². The van der Waals surface area contributed by atoms with Crippen LogP contribution in [0.3, 0.4) is 0 Å². The molecule has 0 saturated heterocycles. The highest BCUT2D eigenvalue weighted by molar-refractivity contribution is 14.0. The first-order chi connectivity index (χ1) is 10.9. The number of aromatic nitrogens is 5. The summed E-state index contributed by atoms with van der Waals surface area (Å²) < 4.78 is 6.98. The molecule has 2 aromatic rings. The molecule has 0 aromatic carbocycles. The Kier molecular flexibility index (Phi) is 7.58. The number of hydrogen-bond donors (Lipinski definition) is 2. The van der Waals surface area contributed by atoms with Gasteiger partial charge in [0, 0.05) is 19.0 Å². The molecule has 0 aliphatic heterocycles. The first-order valence-electron chi connectivity index (χ1n) is 7.58. The Balaban J connectivity index is 0.00000288. The van der Waals surface area contributed by atoms with Crippen molar-refractivity contribution < 1.29 is 4.52 Å². The van der Waals surface area contributed by atoms with Gasteiger partial charge < -0.3 is 15.2 Å². The van der Waals surface area contributed by atoms with Gasteiger partial charge in [-0.1, -0.05) is 25.9 Å². The summed E-state index contributed by atoms with van der Waals surface area (Å²) in [6.07, 6.45) is 1.52.